The molecule has 3 heterocycles. The van der Waals surface area contributed by atoms with Crippen LogP contribution in [0.3, 0.4) is 0 Å². The SMILES string of the molecule is CN([C@@H]1CCNC1)C(C)(C)CCCCc1ccc2c(n1)NCCC2. The van der Waals surface area contributed by atoms with E-state index in [0.717, 1.165) is 25.3 Å². The molecule has 2 aliphatic rings. The molecule has 0 radical (unpaired) electrons. The molecule has 0 aliphatic carbocycles. The van der Waals surface area contributed by atoms with Crippen molar-refractivity contribution >= 4 is 5.82 Å². The summed E-state index contributed by atoms with van der Waals surface area (Å²) in [7, 11) is 2.30. The highest BCUT2D eigenvalue weighted by Gasteiger charge is 2.30. The molecule has 3 rings (SSSR count). The number of hydrogen-bond donors (Lipinski definition) is 2. The van der Waals surface area contributed by atoms with E-state index < -0.39 is 0 Å². The molecule has 2 aliphatic heterocycles. The molecule has 4 heteroatoms. The van der Waals surface area contributed by atoms with Gasteiger partial charge in [-0.3, -0.25) is 4.90 Å². The first-order chi connectivity index (χ1) is 11.6. The van der Waals surface area contributed by atoms with E-state index in [1.807, 2.05) is 0 Å². The lowest BCUT2D eigenvalue weighted by Crippen LogP contribution is -2.48. The van der Waals surface area contributed by atoms with Crippen molar-refractivity contribution < 1.29 is 0 Å². The summed E-state index contributed by atoms with van der Waals surface area (Å²) in [4.78, 5) is 7.41. The van der Waals surface area contributed by atoms with Crippen molar-refractivity contribution in [3.8, 4) is 0 Å². The summed E-state index contributed by atoms with van der Waals surface area (Å²) in [6, 6.07) is 5.20. The second-order valence-corrected chi connectivity index (χ2v) is 8.12. The van der Waals surface area contributed by atoms with Gasteiger partial charge in [-0.2, -0.15) is 0 Å². The molecule has 1 atom stereocenters. The maximum Gasteiger partial charge on any atom is 0.129 e. The van der Waals surface area contributed by atoms with Gasteiger partial charge in [0, 0.05) is 30.4 Å². The van der Waals surface area contributed by atoms with Crippen LogP contribution in [0.1, 0.15) is 57.2 Å². The number of likely N-dealkylation sites (N-methyl/N-ethyl adjacent to an activating group) is 1. The number of nitrogens with zero attached hydrogens (tertiary/aromatic N) is 2. The number of unbranched alkanes of at least 4 members (excludes halogenated alkanes) is 1. The Bertz CT molecular complexity index is 534. The molecule has 0 spiro atoms. The molecule has 0 bridgehead atoms. The topological polar surface area (TPSA) is 40.2 Å². The molecule has 1 saturated heterocycles. The van der Waals surface area contributed by atoms with Crippen molar-refractivity contribution in [1.29, 1.82) is 0 Å². The lowest BCUT2D eigenvalue weighted by Gasteiger charge is -2.40. The normalized spacial score (nSPS) is 20.9. The van der Waals surface area contributed by atoms with Gasteiger partial charge in [0.1, 0.15) is 5.82 Å². The third kappa shape index (κ3) is 4.28. The Labute approximate surface area is 147 Å². The second-order valence-electron chi connectivity index (χ2n) is 8.12. The average Bonchev–Trinajstić information content (AvgIpc) is 3.12. The fourth-order valence-corrected chi connectivity index (χ4v) is 4.01. The van der Waals surface area contributed by atoms with Gasteiger partial charge in [0.25, 0.3) is 0 Å². The minimum Gasteiger partial charge on any atom is -0.370 e. The van der Waals surface area contributed by atoms with Gasteiger partial charge in [-0.1, -0.05) is 12.5 Å². The molecule has 2 N–H and O–H groups in total. The van der Waals surface area contributed by atoms with E-state index in [4.69, 9.17) is 4.98 Å². The molecular weight excluding hydrogens is 296 g/mol. The highest BCUT2D eigenvalue weighted by molar-refractivity contribution is 5.46. The zero-order chi connectivity index (χ0) is 17.0. The second kappa shape index (κ2) is 7.83. The summed E-state index contributed by atoms with van der Waals surface area (Å²) in [5, 5.41) is 6.92. The van der Waals surface area contributed by atoms with Gasteiger partial charge in [-0.25, -0.2) is 4.98 Å². The molecular formula is C20H34N4. The fourth-order valence-electron chi connectivity index (χ4n) is 4.01. The van der Waals surface area contributed by atoms with Crippen molar-refractivity contribution in [3.63, 3.8) is 0 Å². The van der Waals surface area contributed by atoms with Crippen LogP contribution in [0.2, 0.25) is 0 Å². The Kier molecular flexibility index (Phi) is 5.77. The van der Waals surface area contributed by atoms with Crippen molar-refractivity contribution in [2.75, 3.05) is 32.0 Å². The number of hydrogen-bond acceptors (Lipinski definition) is 4. The highest BCUT2D eigenvalue weighted by atomic mass is 15.2. The third-order valence-electron chi connectivity index (χ3n) is 5.96. The molecule has 0 saturated carbocycles. The van der Waals surface area contributed by atoms with Gasteiger partial charge in [0.2, 0.25) is 0 Å². The van der Waals surface area contributed by atoms with E-state index in [9.17, 15) is 0 Å². The van der Waals surface area contributed by atoms with Gasteiger partial charge in [-0.05, 0) is 77.6 Å². The van der Waals surface area contributed by atoms with E-state index in [1.165, 1.54) is 56.3 Å². The predicted molar refractivity (Wildman–Crippen MR) is 102 cm³/mol. The van der Waals surface area contributed by atoms with Gasteiger partial charge < -0.3 is 10.6 Å². The Hall–Kier alpha value is -1.13. The lowest BCUT2D eigenvalue weighted by atomic mass is 9.93. The predicted octanol–water partition coefficient (Wildman–Crippen LogP) is 3.22. The molecule has 134 valence electrons. The average molecular weight is 331 g/mol. The molecule has 1 fully saturated rings. The van der Waals surface area contributed by atoms with Crippen LogP contribution in [0.4, 0.5) is 5.82 Å². The van der Waals surface area contributed by atoms with Gasteiger partial charge in [-0.15, -0.1) is 0 Å². The summed E-state index contributed by atoms with van der Waals surface area (Å²) in [6.07, 6.45) is 8.53. The van der Waals surface area contributed by atoms with E-state index in [1.54, 1.807) is 0 Å². The Morgan fingerprint density at radius 2 is 2.12 bits per heavy atom. The summed E-state index contributed by atoms with van der Waals surface area (Å²) in [5.41, 5.74) is 2.91. The van der Waals surface area contributed by atoms with Crippen LogP contribution in [0.25, 0.3) is 0 Å². The largest absolute Gasteiger partial charge is 0.370 e. The Morgan fingerprint density at radius 3 is 2.92 bits per heavy atom. The fraction of sp³-hybridized carbons (Fsp3) is 0.750. The van der Waals surface area contributed by atoms with Gasteiger partial charge in [0.05, 0.1) is 0 Å². The van der Waals surface area contributed by atoms with E-state index in [-0.39, 0.29) is 5.54 Å². The number of nitrogens with one attached hydrogen (secondary N) is 2. The zero-order valence-corrected chi connectivity index (χ0v) is 15.7. The molecule has 1 aromatic heterocycles. The van der Waals surface area contributed by atoms with E-state index in [2.05, 4.69) is 48.6 Å². The zero-order valence-electron chi connectivity index (χ0n) is 15.7. The third-order valence-corrected chi connectivity index (χ3v) is 5.96. The van der Waals surface area contributed by atoms with E-state index >= 15 is 0 Å². The van der Waals surface area contributed by atoms with Crippen LogP contribution >= 0.6 is 0 Å². The van der Waals surface area contributed by atoms with Crippen molar-refractivity contribution in [2.45, 2.75) is 70.4 Å². The first-order valence-electron chi connectivity index (χ1n) is 9.72. The first kappa shape index (κ1) is 17.7. The molecule has 0 aromatic carbocycles. The smallest absolute Gasteiger partial charge is 0.129 e. The summed E-state index contributed by atoms with van der Waals surface area (Å²) in [6.45, 7) is 8.17. The highest BCUT2D eigenvalue weighted by Crippen LogP contribution is 2.25. The number of anilines is 1. The number of aromatic nitrogens is 1. The summed E-state index contributed by atoms with van der Waals surface area (Å²) >= 11 is 0. The molecule has 1 aromatic rings. The van der Waals surface area contributed by atoms with Gasteiger partial charge in [0.15, 0.2) is 0 Å². The van der Waals surface area contributed by atoms with Gasteiger partial charge >= 0.3 is 0 Å². The quantitative estimate of drug-likeness (QED) is 0.753. The van der Waals surface area contributed by atoms with Crippen LogP contribution in [0.5, 0.6) is 0 Å². The van der Waals surface area contributed by atoms with Crippen LogP contribution in [0.15, 0.2) is 12.1 Å². The van der Waals surface area contributed by atoms with E-state index in [0.29, 0.717) is 6.04 Å². The number of aryl methyl sites for hydroxylation is 2. The monoisotopic (exact) mass is 330 g/mol. The standard InChI is InChI=1S/C20H34N4/c1-20(2,24(3)18-11-14-21-15-18)12-5-4-8-17-10-9-16-7-6-13-22-19(16)23-17/h9-10,18,21H,4-8,11-15H2,1-3H3,(H,22,23)/t18-/m1/s1. The lowest BCUT2D eigenvalue weighted by molar-refractivity contribution is 0.0990. The summed E-state index contributed by atoms with van der Waals surface area (Å²) < 4.78 is 0. The minimum atomic E-state index is 0.279. The molecule has 0 unspecified atom stereocenters. The number of pyridine rings is 1. The van der Waals surface area contributed by atoms with Crippen LogP contribution in [0, 0.1) is 0 Å². The molecule has 24 heavy (non-hydrogen) atoms. The van der Waals surface area contributed by atoms with Crippen molar-refractivity contribution in [2.24, 2.45) is 0 Å². The van der Waals surface area contributed by atoms with Crippen molar-refractivity contribution in [1.82, 2.24) is 15.2 Å². The minimum absolute atomic E-state index is 0.279. The first-order valence-corrected chi connectivity index (χ1v) is 9.72. The maximum atomic E-state index is 4.82. The molecule has 4 nitrogen and oxygen atoms in total. The number of rotatable bonds is 7. The number of fused-ring (bicyclic) bond motifs is 1. The molecule has 0 amide bonds. The Balaban J connectivity index is 1.44. The van der Waals surface area contributed by atoms with Crippen molar-refractivity contribution in [3.05, 3.63) is 23.4 Å². The maximum absolute atomic E-state index is 4.82. The van der Waals surface area contributed by atoms with Crippen LogP contribution in [-0.4, -0.2) is 48.1 Å². The Morgan fingerprint density at radius 1 is 1.25 bits per heavy atom. The summed E-state index contributed by atoms with van der Waals surface area (Å²) in [5.74, 6) is 1.13. The van der Waals surface area contributed by atoms with Crippen LogP contribution < -0.4 is 10.6 Å². The van der Waals surface area contributed by atoms with Crippen LogP contribution in [-0.2, 0) is 12.8 Å².